The molecule has 2 N–H and O–H groups in total. The number of aromatic nitrogens is 4. The van der Waals surface area contributed by atoms with Gasteiger partial charge in [0.25, 0.3) is 0 Å². The summed E-state index contributed by atoms with van der Waals surface area (Å²) in [7, 11) is 0. The predicted molar refractivity (Wildman–Crippen MR) is 105 cm³/mol. The Morgan fingerprint density at radius 2 is 2.08 bits per heavy atom. The fourth-order valence-electron chi connectivity index (χ4n) is 3.55. The molecule has 1 aromatic carbocycles. The van der Waals surface area contributed by atoms with Crippen molar-refractivity contribution in [2.24, 2.45) is 0 Å². The van der Waals surface area contributed by atoms with Crippen molar-refractivity contribution in [3.63, 3.8) is 0 Å². The molecule has 0 spiro atoms. The van der Waals surface area contributed by atoms with Crippen molar-refractivity contribution in [3.05, 3.63) is 54.1 Å². The van der Waals surface area contributed by atoms with Crippen LogP contribution in [0.25, 0.3) is 16.7 Å². The summed E-state index contributed by atoms with van der Waals surface area (Å²) in [5, 5.41) is 0. The molecule has 0 unspecified atom stereocenters. The van der Waals surface area contributed by atoms with Crippen molar-refractivity contribution in [3.8, 4) is 0 Å². The van der Waals surface area contributed by atoms with E-state index >= 15 is 0 Å². The normalized spacial score (nSPS) is 15.3. The van der Waals surface area contributed by atoms with E-state index in [2.05, 4.69) is 61.7 Å². The lowest BCUT2D eigenvalue weighted by Crippen LogP contribution is -2.30. The summed E-state index contributed by atoms with van der Waals surface area (Å²) in [5.74, 6) is 0.443. The Morgan fingerprint density at radius 3 is 2.88 bits per heavy atom. The first-order valence-corrected chi connectivity index (χ1v) is 9.10. The van der Waals surface area contributed by atoms with Crippen LogP contribution in [-0.4, -0.2) is 44.1 Å². The van der Waals surface area contributed by atoms with Crippen LogP contribution in [0.3, 0.4) is 0 Å². The van der Waals surface area contributed by atoms with Crippen LogP contribution in [0.4, 0.5) is 5.82 Å². The SMILES string of the molecule is Cc1cccc(C2=CCN(CCCn3cnc4c(N)ncnc43)CC2)c1. The first-order chi connectivity index (χ1) is 12.7. The van der Waals surface area contributed by atoms with E-state index in [1.807, 2.05) is 6.33 Å². The third-order valence-corrected chi connectivity index (χ3v) is 4.99. The largest absolute Gasteiger partial charge is 0.382 e. The molecule has 4 rings (SSSR count). The number of anilines is 1. The van der Waals surface area contributed by atoms with E-state index in [9.17, 15) is 0 Å². The molecule has 6 nitrogen and oxygen atoms in total. The summed E-state index contributed by atoms with van der Waals surface area (Å²) >= 11 is 0. The van der Waals surface area contributed by atoms with Crippen LogP contribution in [0.1, 0.15) is 24.0 Å². The lowest BCUT2D eigenvalue weighted by molar-refractivity contribution is 0.292. The Hall–Kier alpha value is -2.73. The van der Waals surface area contributed by atoms with Gasteiger partial charge >= 0.3 is 0 Å². The van der Waals surface area contributed by atoms with Gasteiger partial charge in [0.15, 0.2) is 11.5 Å². The van der Waals surface area contributed by atoms with E-state index < -0.39 is 0 Å². The van der Waals surface area contributed by atoms with Crippen molar-refractivity contribution in [2.75, 3.05) is 25.4 Å². The maximum absolute atomic E-state index is 5.84. The Bertz CT molecular complexity index is 942. The van der Waals surface area contributed by atoms with Crippen LogP contribution in [0.2, 0.25) is 0 Å². The number of hydrogen-bond donors (Lipinski definition) is 1. The number of hydrogen-bond acceptors (Lipinski definition) is 5. The van der Waals surface area contributed by atoms with Gasteiger partial charge in [-0.3, -0.25) is 4.90 Å². The summed E-state index contributed by atoms with van der Waals surface area (Å²) in [6.45, 7) is 6.23. The molecule has 0 bridgehead atoms. The van der Waals surface area contributed by atoms with Crippen LogP contribution in [0.5, 0.6) is 0 Å². The highest BCUT2D eigenvalue weighted by molar-refractivity contribution is 5.81. The van der Waals surface area contributed by atoms with Gasteiger partial charge in [0.05, 0.1) is 6.33 Å². The summed E-state index contributed by atoms with van der Waals surface area (Å²) in [6.07, 6.45) is 7.85. The van der Waals surface area contributed by atoms with Crippen molar-refractivity contribution >= 4 is 22.6 Å². The number of aryl methyl sites for hydroxylation is 2. The van der Waals surface area contributed by atoms with Crippen LogP contribution in [-0.2, 0) is 6.54 Å². The minimum atomic E-state index is 0.443. The summed E-state index contributed by atoms with van der Waals surface area (Å²) < 4.78 is 2.06. The molecule has 0 amide bonds. The zero-order valence-corrected chi connectivity index (χ0v) is 15.1. The van der Waals surface area contributed by atoms with Gasteiger partial charge in [0.2, 0.25) is 0 Å². The van der Waals surface area contributed by atoms with Crippen LogP contribution in [0.15, 0.2) is 43.0 Å². The van der Waals surface area contributed by atoms with Gasteiger partial charge < -0.3 is 10.3 Å². The van der Waals surface area contributed by atoms with Crippen molar-refractivity contribution in [2.45, 2.75) is 26.3 Å². The van der Waals surface area contributed by atoms with Gasteiger partial charge in [0.1, 0.15) is 11.8 Å². The lowest BCUT2D eigenvalue weighted by Gasteiger charge is -2.26. The number of imidazole rings is 1. The average molecular weight is 348 g/mol. The van der Waals surface area contributed by atoms with Gasteiger partial charge in [0, 0.05) is 26.2 Å². The highest BCUT2D eigenvalue weighted by Gasteiger charge is 2.13. The molecule has 0 aliphatic carbocycles. The molecule has 0 fully saturated rings. The molecule has 2 aromatic heterocycles. The highest BCUT2D eigenvalue weighted by Crippen LogP contribution is 2.23. The second kappa shape index (κ2) is 7.25. The molecule has 0 saturated carbocycles. The zero-order chi connectivity index (χ0) is 17.9. The van der Waals surface area contributed by atoms with E-state index in [4.69, 9.17) is 5.73 Å². The fourth-order valence-corrected chi connectivity index (χ4v) is 3.55. The molecule has 0 radical (unpaired) electrons. The molecule has 1 aliphatic heterocycles. The maximum Gasteiger partial charge on any atom is 0.165 e. The summed E-state index contributed by atoms with van der Waals surface area (Å²) in [5.41, 5.74) is 11.5. The number of fused-ring (bicyclic) bond motifs is 1. The molecule has 3 heterocycles. The van der Waals surface area contributed by atoms with Gasteiger partial charge in [-0.2, -0.15) is 0 Å². The van der Waals surface area contributed by atoms with Crippen LogP contribution < -0.4 is 5.73 Å². The van der Waals surface area contributed by atoms with Gasteiger partial charge in [-0.05, 0) is 30.9 Å². The standard InChI is InChI=1S/C20H24N6/c1-15-4-2-5-17(12-15)16-6-10-25(11-7-16)8-3-9-26-14-24-18-19(21)22-13-23-20(18)26/h2,4-6,12-14H,3,7-11H2,1H3,(H2,21,22,23). The van der Waals surface area contributed by atoms with Crippen molar-refractivity contribution in [1.29, 1.82) is 0 Å². The minimum absolute atomic E-state index is 0.443. The molecule has 1 aliphatic rings. The lowest BCUT2D eigenvalue weighted by atomic mass is 9.98. The molecule has 26 heavy (non-hydrogen) atoms. The monoisotopic (exact) mass is 348 g/mol. The fraction of sp³-hybridized carbons (Fsp3) is 0.350. The first kappa shape index (κ1) is 16.7. The minimum Gasteiger partial charge on any atom is -0.382 e. The number of rotatable bonds is 5. The van der Waals surface area contributed by atoms with E-state index in [1.165, 1.54) is 23.0 Å². The Balaban J connectivity index is 1.33. The molecule has 0 saturated heterocycles. The van der Waals surface area contributed by atoms with Crippen LogP contribution >= 0.6 is 0 Å². The van der Waals surface area contributed by atoms with E-state index in [0.29, 0.717) is 11.3 Å². The van der Waals surface area contributed by atoms with E-state index in [1.54, 1.807) is 0 Å². The molecular formula is C20H24N6. The smallest absolute Gasteiger partial charge is 0.165 e. The molecule has 3 aromatic rings. The Morgan fingerprint density at radius 1 is 1.15 bits per heavy atom. The molecular weight excluding hydrogens is 324 g/mol. The third kappa shape index (κ3) is 3.46. The zero-order valence-electron chi connectivity index (χ0n) is 15.1. The number of nitrogens with zero attached hydrogens (tertiary/aromatic N) is 5. The van der Waals surface area contributed by atoms with E-state index in [-0.39, 0.29) is 0 Å². The molecule has 6 heteroatoms. The van der Waals surface area contributed by atoms with Gasteiger partial charge in [-0.15, -0.1) is 0 Å². The number of nitrogen functional groups attached to an aromatic ring is 1. The second-order valence-electron chi connectivity index (χ2n) is 6.87. The number of benzene rings is 1. The highest BCUT2D eigenvalue weighted by atomic mass is 15.1. The summed E-state index contributed by atoms with van der Waals surface area (Å²) in [4.78, 5) is 15.1. The van der Waals surface area contributed by atoms with Gasteiger partial charge in [-0.1, -0.05) is 35.9 Å². The topological polar surface area (TPSA) is 72.9 Å². The Kier molecular flexibility index (Phi) is 4.67. The van der Waals surface area contributed by atoms with Gasteiger partial charge in [-0.25, -0.2) is 15.0 Å². The molecule has 134 valence electrons. The quantitative estimate of drug-likeness (QED) is 0.767. The van der Waals surface area contributed by atoms with Crippen molar-refractivity contribution in [1.82, 2.24) is 24.4 Å². The summed E-state index contributed by atoms with van der Waals surface area (Å²) in [6, 6.07) is 8.78. The number of nitrogens with two attached hydrogens (primary N) is 1. The third-order valence-electron chi connectivity index (χ3n) is 4.99. The van der Waals surface area contributed by atoms with Crippen LogP contribution in [0, 0.1) is 6.92 Å². The molecule has 0 atom stereocenters. The van der Waals surface area contributed by atoms with E-state index in [0.717, 1.165) is 44.7 Å². The Labute approximate surface area is 153 Å². The van der Waals surface area contributed by atoms with Crippen molar-refractivity contribution < 1.29 is 0 Å². The first-order valence-electron chi connectivity index (χ1n) is 9.10. The predicted octanol–water partition coefficient (Wildman–Crippen LogP) is 2.90. The maximum atomic E-state index is 5.84. The average Bonchev–Trinajstić information content (AvgIpc) is 3.07. The second-order valence-corrected chi connectivity index (χ2v) is 6.87.